The second kappa shape index (κ2) is 10.4. The maximum atomic E-state index is 14.5. The van der Waals surface area contributed by atoms with Gasteiger partial charge in [0.05, 0.1) is 19.3 Å². The van der Waals surface area contributed by atoms with Gasteiger partial charge in [-0.3, -0.25) is 0 Å². The van der Waals surface area contributed by atoms with Crippen LogP contribution in [0.3, 0.4) is 0 Å². The van der Waals surface area contributed by atoms with Crippen LogP contribution in [0, 0.1) is 23.5 Å². The number of benzene rings is 1. The zero-order chi connectivity index (χ0) is 19.9. The molecule has 0 N–H and O–H groups in total. The topological polar surface area (TPSA) is 18.5 Å². The standard InChI is InChI=1S/C24H34F2O2/c1-3-5-6-7-17-8-14-21(28-16-17)19-11-9-18(10-12-19)20-13-15-22(27-4-2)24(26)23(20)25/h6-7,13,15,17-19,21H,3-5,8-12,14,16H2,1-2H3/b7-6+. The molecule has 1 saturated carbocycles. The van der Waals surface area contributed by atoms with Gasteiger partial charge in [0.25, 0.3) is 0 Å². The second-order valence-corrected chi connectivity index (χ2v) is 8.25. The van der Waals surface area contributed by atoms with Crippen LogP contribution >= 0.6 is 0 Å². The molecule has 2 fully saturated rings. The first-order valence-corrected chi connectivity index (χ1v) is 11.0. The van der Waals surface area contributed by atoms with Gasteiger partial charge < -0.3 is 9.47 Å². The average molecular weight is 393 g/mol. The van der Waals surface area contributed by atoms with Crippen LogP contribution in [0.1, 0.15) is 76.7 Å². The van der Waals surface area contributed by atoms with Crippen molar-refractivity contribution in [2.45, 2.75) is 77.2 Å². The highest BCUT2D eigenvalue weighted by Gasteiger charge is 2.33. The van der Waals surface area contributed by atoms with Crippen LogP contribution in [0.25, 0.3) is 0 Å². The van der Waals surface area contributed by atoms with Crippen LogP contribution in [-0.4, -0.2) is 19.3 Å². The Labute approximate surface area is 168 Å². The van der Waals surface area contributed by atoms with Crippen LogP contribution in [0.5, 0.6) is 5.75 Å². The first-order chi connectivity index (χ1) is 13.6. The van der Waals surface area contributed by atoms with E-state index in [0.29, 0.717) is 30.1 Å². The third kappa shape index (κ3) is 5.14. The van der Waals surface area contributed by atoms with Crippen molar-refractivity contribution in [3.63, 3.8) is 0 Å². The Morgan fingerprint density at radius 2 is 1.82 bits per heavy atom. The maximum absolute atomic E-state index is 14.5. The highest BCUT2D eigenvalue weighted by atomic mass is 19.2. The molecule has 1 saturated heterocycles. The van der Waals surface area contributed by atoms with Gasteiger partial charge in [-0.2, -0.15) is 4.39 Å². The van der Waals surface area contributed by atoms with E-state index in [4.69, 9.17) is 9.47 Å². The Balaban J connectivity index is 1.51. The minimum atomic E-state index is -0.848. The Hall–Kier alpha value is -1.42. The smallest absolute Gasteiger partial charge is 0.200 e. The van der Waals surface area contributed by atoms with E-state index in [1.165, 1.54) is 12.8 Å². The summed E-state index contributed by atoms with van der Waals surface area (Å²) in [6.07, 6.45) is 13.4. The Morgan fingerprint density at radius 3 is 2.46 bits per heavy atom. The summed E-state index contributed by atoms with van der Waals surface area (Å²) in [7, 11) is 0. The minimum Gasteiger partial charge on any atom is -0.491 e. The highest BCUT2D eigenvalue weighted by molar-refractivity contribution is 5.33. The van der Waals surface area contributed by atoms with Gasteiger partial charge in [-0.25, -0.2) is 4.39 Å². The Bertz CT molecular complexity index is 642. The molecule has 0 amide bonds. The van der Waals surface area contributed by atoms with Crippen LogP contribution in [0.4, 0.5) is 8.78 Å². The van der Waals surface area contributed by atoms with Crippen LogP contribution < -0.4 is 4.74 Å². The molecule has 1 heterocycles. The number of hydrogen-bond donors (Lipinski definition) is 0. The van der Waals surface area contributed by atoms with E-state index in [1.54, 1.807) is 19.1 Å². The van der Waals surface area contributed by atoms with Crippen LogP contribution in [0.2, 0.25) is 0 Å². The molecule has 1 aromatic rings. The number of hydrogen-bond acceptors (Lipinski definition) is 2. The molecule has 1 aromatic carbocycles. The van der Waals surface area contributed by atoms with Crippen molar-refractivity contribution in [1.82, 2.24) is 0 Å². The molecule has 2 nitrogen and oxygen atoms in total. The van der Waals surface area contributed by atoms with Gasteiger partial charge in [0.2, 0.25) is 5.82 Å². The fourth-order valence-corrected chi connectivity index (χ4v) is 4.70. The summed E-state index contributed by atoms with van der Waals surface area (Å²) >= 11 is 0. The summed E-state index contributed by atoms with van der Waals surface area (Å²) in [6, 6.07) is 3.28. The number of rotatable bonds is 7. The number of ether oxygens (including phenoxy) is 2. The van der Waals surface area contributed by atoms with E-state index in [0.717, 1.165) is 45.1 Å². The molecule has 2 unspecified atom stereocenters. The van der Waals surface area contributed by atoms with Crippen molar-refractivity contribution in [3.05, 3.63) is 41.5 Å². The molecule has 0 aromatic heterocycles. The van der Waals surface area contributed by atoms with E-state index in [1.807, 2.05) is 0 Å². The third-order valence-electron chi connectivity index (χ3n) is 6.32. The van der Waals surface area contributed by atoms with Crippen LogP contribution in [-0.2, 0) is 4.74 Å². The third-order valence-corrected chi connectivity index (χ3v) is 6.32. The predicted octanol–water partition coefficient (Wildman–Crippen LogP) is 6.79. The maximum Gasteiger partial charge on any atom is 0.200 e. The second-order valence-electron chi connectivity index (χ2n) is 8.25. The van der Waals surface area contributed by atoms with Gasteiger partial charge in [-0.1, -0.05) is 31.6 Å². The molecular formula is C24H34F2O2. The van der Waals surface area contributed by atoms with E-state index in [-0.39, 0.29) is 11.7 Å². The van der Waals surface area contributed by atoms with Gasteiger partial charge in [0.15, 0.2) is 11.6 Å². The summed E-state index contributed by atoms with van der Waals surface area (Å²) < 4.78 is 40.0. The molecular weight excluding hydrogens is 358 g/mol. The fourth-order valence-electron chi connectivity index (χ4n) is 4.70. The van der Waals surface area contributed by atoms with Crippen molar-refractivity contribution in [2.75, 3.05) is 13.2 Å². The summed E-state index contributed by atoms with van der Waals surface area (Å²) in [6.45, 7) is 5.12. The molecule has 2 aliphatic rings. The molecule has 0 spiro atoms. The molecule has 28 heavy (non-hydrogen) atoms. The van der Waals surface area contributed by atoms with Crippen LogP contribution in [0.15, 0.2) is 24.3 Å². The number of allylic oxidation sites excluding steroid dienone is 1. The lowest BCUT2D eigenvalue weighted by Crippen LogP contribution is -2.33. The predicted molar refractivity (Wildman–Crippen MR) is 109 cm³/mol. The van der Waals surface area contributed by atoms with Crippen molar-refractivity contribution >= 4 is 0 Å². The molecule has 4 heteroatoms. The Morgan fingerprint density at radius 1 is 1.04 bits per heavy atom. The fraction of sp³-hybridized carbons (Fsp3) is 0.667. The van der Waals surface area contributed by atoms with E-state index < -0.39 is 11.6 Å². The van der Waals surface area contributed by atoms with Gasteiger partial charge in [0, 0.05) is 5.92 Å². The average Bonchev–Trinajstić information content (AvgIpc) is 2.73. The summed E-state index contributed by atoms with van der Waals surface area (Å²) in [4.78, 5) is 0. The SMILES string of the molecule is CCC/C=C/C1CCC(C2CCC(c3ccc(OCC)c(F)c3F)CC2)OC1. The molecule has 3 rings (SSSR count). The lowest BCUT2D eigenvalue weighted by atomic mass is 9.75. The molecule has 156 valence electrons. The first-order valence-electron chi connectivity index (χ1n) is 11.0. The molecule has 2 atom stereocenters. The molecule has 1 aliphatic heterocycles. The first kappa shape index (κ1) is 21.3. The quantitative estimate of drug-likeness (QED) is 0.476. The highest BCUT2D eigenvalue weighted by Crippen LogP contribution is 2.41. The molecule has 0 bridgehead atoms. The Kier molecular flexibility index (Phi) is 7.90. The van der Waals surface area contributed by atoms with Gasteiger partial charge in [-0.15, -0.1) is 0 Å². The monoisotopic (exact) mass is 392 g/mol. The lowest BCUT2D eigenvalue weighted by molar-refractivity contribution is -0.0471. The summed E-state index contributed by atoms with van der Waals surface area (Å²) in [5.41, 5.74) is 0.505. The number of unbranched alkanes of at least 4 members (excludes halogenated alkanes) is 1. The van der Waals surface area contributed by atoms with Crippen molar-refractivity contribution in [3.8, 4) is 5.75 Å². The number of halogens is 2. The largest absolute Gasteiger partial charge is 0.491 e. The van der Waals surface area contributed by atoms with E-state index in [9.17, 15) is 8.78 Å². The summed E-state index contributed by atoms with van der Waals surface area (Å²) in [5, 5.41) is 0. The van der Waals surface area contributed by atoms with Gasteiger partial charge in [-0.05, 0) is 75.3 Å². The molecule has 1 aliphatic carbocycles. The molecule has 0 radical (unpaired) electrons. The van der Waals surface area contributed by atoms with Crippen molar-refractivity contribution < 1.29 is 18.3 Å². The zero-order valence-electron chi connectivity index (χ0n) is 17.3. The minimum absolute atomic E-state index is 0.00980. The van der Waals surface area contributed by atoms with Crippen molar-refractivity contribution in [2.24, 2.45) is 11.8 Å². The van der Waals surface area contributed by atoms with Crippen molar-refractivity contribution in [1.29, 1.82) is 0 Å². The lowest BCUT2D eigenvalue weighted by Gasteiger charge is -2.37. The van der Waals surface area contributed by atoms with Gasteiger partial charge >= 0.3 is 0 Å². The van der Waals surface area contributed by atoms with E-state index >= 15 is 0 Å². The zero-order valence-corrected chi connectivity index (χ0v) is 17.3. The van der Waals surface area contributed by atoms with Gasteiger partial charge in [0.1, 0.15) is 0 Å². The van der Waals surface area contributed by atoms with E-state index in [2.05, 4.69) is 19.1 Å². The summed E-state index contributed by atoms with van der Waals surface area (Å²) in [5.74, 6) is -0.373. The normalized spacial score (nSPS) is 28.6.